The molecule has 2 aromatic heterocycles. The maximum absolute atomic E-state index is 13.6. The van der Waals surface area contributed by atoms with E-state index >= 15 is 0 Å². The van der Waals surface area contributed by atoms with Gasteiger partial charge >= 0.3 is 6.18 Å². The lowest BCUT2D eigenvalue weighted by Gasteiger charge is -2.12. The first-order valence-electron chi connectivity index (χ1n) is 5.85. The van der Waals surface area contributed by atoms with Crippen LogP contribution in [0.15, 0.2) is 30.6 Å². The molecule has 0 radical (unpaired) electrons. The largest absolute Gasteiger partial charge is 0.416 e. The third-order valence-corrected chi connectivity index (χ3v) is 2.56. The van der Waals surface area contributed by atoms with Crippen molar-refractivity contribution in [3.05, 3.63) is 42.0 Å². The zero-order valence-electron chi connectivity index (χ0n) is 10.5. The normalized spacial score (nSPS) is 11.4. The molecular formula is C13H11F4N3. The first-order valence-corrected chi connectivity index (χ1v) is 5.85. The maximum atomic E-state index is 13.6. The minimum Gasteiger partial charge on any atom is -0.370 e. The van der Waals surface area contributed by atoms with Crippen LogP contribution < -0.4 is 5.32 Å². The van der Waals surface area contributed by atoms with Crippen molar-refractivity contribution in [2.24, 2.45) is 0 Å². The van der Waals surface area contributed by atoms with E-state index in [9.17, 15) is 17.6 Å². The van der Waals surface area contributed by atoms with E-state index in [0.717, 1.165) is 18.3 Å². The summed E-state index contributed by atoms with van der Waals surface area (Å²) in [4.78, 5) is 7.55. The molecule has 0 aromatic carbocycles. The van der Waals surface area contributed by atoms with Gasteiger partial charge in [0.1, 0.15) is 5.82 Å². The lowest BCUT2D eigenvalue weighted by atomic mass is 10.1. The molecule has 0 bridgehead atoms. The van der Waals surface area contributed by atoms with Gasteiger partial charge in [-0.15, -0.1) is 0 Å². The maximum Gasteiger partial charge on any atom is 0.416 e. The van der Waals surface area contributed by atoms with Gasteiger partial charge in [0.2, 0.25) is 0 Å². The number of nitrogens with one attached hydrogen (secondary N) is 1. The average molecular weight is 285 g/mol. The van der Waals surface area contributed by atoms with Gasteiger partial charge in [0.05, 0.1) is 17.5 Å². The molecule has 0 aliphatic rings. The van der Waals surface area contributed by atoms with E-state index in [4.69, 9.17) is 0 Å². The third-order valence-electron chi connectivity index (χ3n) is 2.56. The standard InChI is InChI=1S/C13H11F4N3/c1-2-19-12-6-8(13(15,16)17)5-11(20-12)9-3-4-18-7-10(9)14/h3-7H,2H2,1H3,(H,19,20). The van der Waals surface area contributed by atoms with Crippen molar-refractivity contribution in [1.29, 1.82) is 0 Å². The highest BCUT2D eigenvalue weighted by Gasteiger charge is 2.32. The summed E-state index contributed by atoms with van der Waals surface area (Å²) in [6, 6.07) is 3.00. The van der Waals surface area contributed by atoms with Gasteiger partial charge in [-0.25, -0.2) is 9.37 Å². The van der Waals surface area contributed by atoms with Crippen molar-refractivity contribution >= 4 is 5.82 Å². The Morgan fingerprint density at radius 3 is 2.60 bits per heavy atom. The van der Waals surface area contributed by atoms with Crippen LogP contribution >= 0.6 is 0 Å². The number of hydrogen-bond donors (Lipinski definition) is 1. The van der Waals surface area contributed by atoms with Crippen LogP contribution in [0.4, 0.5) is 23.4 Å². The van der Waals surface area contributed by atoms with Gasteiger partial charge < -0.3 is 5.32 Å². The molecule has 0 aliphatic heterocycles. The summed E-state index contributed by atoms with van der Waals surface area (Å²) in [6.07, 6.45) is -2.29. The second-order valence-corrected chi connectivity index (χ2v) is 4.01. The fourth-order valence-corrected chi connectivity index (χ4v) is 1.69. The molecule has 0 spiro atoms. The van der Waals surface area contributed by atoms with Crippen LogP contribution in [0.1, 0.15) is 12.5 Å². The second-order valence-electron chi connectivity index (χ2n) is 4.01. The summed E-state index contributed by atoms with van der Waals surface area (Å²) in [7, 11) is 0. The molecule has 2 rings (SSSR count). The Labute approximate surface area is 112 Å². The number of pyridine rings is 2. The summed E-state index contributed by atoms with van der Waals surface area (Å²) < 4.78 is 52.1. The van der Waals surface area contributed by atoms with E-state index in [1.165, 1.54) is 12.3 Å². The van der Waals surface area contributed by atoms with Gasteiger partial charge in [-0.05, 0) is 25.1 Å². The summed E-state index contributed by atoms with van der Waals surface area (Å²) >= 11 is 0. The van der Waals surface area contributed by atoms with Crippen LogP contribution in [-0.4, -0.2) is 16.5 Å². The fourth-order valence-electron chi connectivity index (χ4n) is 1.69. The Hall–Kier alpha value is -2.18. The van der Waals surface area contributed by atoms with E-state index in [0.29, 0.717) is 6.54 Å². The molecule has 3 nitrogen and oxygen atoms in total. The molecule has 20 heavy (non-hydrogen) atoms. The van der Waals surface area contributed by atoms with Crippen molar-refractivity contribution in [2.75, 3.05) is 11.9 Å². The minimum atomic E-state index is -4.52. The molecule has 0 atom stereocenters. The first-order chi connectivity index (χ1) is 9.41. The Morgan fingerprint density at radius 1 is 1.25 bits per heavy atom. The number of anilines is 1. The van der Waals surface area contributed by atoms with Crippen LogP contribution in [0, 0.1) is 5.82 Å². The predicted molar refractivity (Wildman–Crippen MR) is 66.6 cm³/mol. The summed E-state index contributed by atoms with van der Waals surface area (Å²) in [5, 5.41) is 2.70. The van der Waals surface area contributed by atoms with E-state index in [-0.39, 0.29) is 17.1 Å². The van der Waals surface area contributed by atoms with Crippen molar-refractivity contribution in [2.45, 2.75) is 13.1 Å². The van der Waals surface area contributed by atoms with Crippen LogP contribution in [0.5, 0.6) is 0 Å². The molecule has 2 heterocycles. The Morgan fingerprint density at radius 2 is 2.00 bits per heavy atom. The highest BCUT2D eigenvalue weighted by molar-refractivity contribution is 5.63. The van der Waals surface area contributed by atoms with Crippen molar-refractivity contribution in [3.8, 4) is 11.3 Å². The Bertz CT molecular complexity index is 611. The molecule has 2 aromatic rings. The van der Waals surface area contributed by atoms with Gasteiger partial charge in [0.25, 0.3) is 0 Å². The highest BCUT2D eigenvalue weighted by atomic mass is 19.4. The molecule has 1 N–H and O–H groups in total. The summed E-state index contributed by atoms with van der Waals surface area (Å²) in [5.74, 6) is -0.671. The van der Waals surface area contributed by atoms with Crippen LogP contribution in [0.3, 0.4) is 0 Å². The molecule has 0 saturated carbocycles. The quantitative estimate of drug-likeness (QED) is 0.873. The number of alkyl halides is 3. The van der Waals surface area contributed by atoms with Crippen LogP contribution in [-0.2, 0) is 6.18 Å². The number of rotatable bonds is 3. The zero-order chi connectivity index (χ0) is 14.8. The van der Waals surface area contributed by atoms with E-state index in [2.05, 4.69) is 15.3 Å². The number of aromatic nitrogens is 2. The molecule has 0 unspecified atom stereocenters. The summed E-state index contributed by atoms with van der Waals surface area (Å²) in [6.45, 7) is 2.14. The summed E-state index contributed by atoms with van der Waals surface area (Å²) in [5.41, 5.74) is -0.990. The highest BCUT2D eigenvalue weighted by Crippen LogP contribution is 2.33. The number of nitrogens with zero attached hydrogens (tertiary/aromatic N) is 2. The lowest BCUT2D eigenvalue weighted by molar-refractivity contribution is -0.137. The van der Waals surface area contributed by atoms with Gasteiger partial charge in [-0.2, -0.15) is 13.2 Å². The average Bonchev–Trinajstić information content (AvgIpc) is 2.38. The number of hydrogen-bond acceptors (Lipinski definition) is 3. The van der Waals surface area contributed by atoms with Gasteiger partial charge in [0.15, 0.2) is 5.82 Å². The second kappa shape index (κ2) is 5.44. The molecule has 0 saturated heterocycles. The topological polar surface area (TPSA) is 37.8 Å². The van der Waals surface area contributed by atoms with Crippen LogP contribution in [0.2, 0.25) is 0 Å². The Kier molecular flexibility index (Phi) is 3.87. The molecule has 0 amide bonds. The molecule has 0 aliphatic carbocycles. The predicted octanol–water partition coefficient (Wildman–Crippen LogP) is 3.73. The Balaban J connectivity index is 2.58. The molecule has 0 fully saturated rings. The minimum absolute atomic E-state index is 0.0229. The monoisotopic (exact) mass is 285 g/mol. The molecular weight excluding hydrogens is 274 g/mol. The number of halogens is 4. The SMILES string of the molecule is CCNc1cc(C(F)(F)F)cc(-c2ccncc2F)n1. The third kappa shape index (κ3) is 3.04. The van der Waals surface area contributed by atoms with E-state index in [1.807, 2.05) is 0 Å². The zero-order valence-corrected chi connectivity index (χ0v) is 10.5. The smallest absolute Gasteiger partial charge is 0.370 e. The van der Waals surface area contributed by atoms with Gasteiger partial charge in [-0.3, -0.25) is 4.98 Å². The lowest BCUT2D eigenvalue weighted by Crippen LogP contribution is -2.09. The van der Waals surface area contributed by atoms with Crippen molar-refractivity contribution < 1.29 is 17.6 Å². The van der Waals surface area contributed by atoms with E-state index in [1.54, 1.807) is 6.92 Å². The van der Waals surface area contributed by atoms with Crippen molar-refractivity contribution in [1.82, 2.24) is 9.97 Å². The molecule has 7 heteroatoms. The van der Waals surface area contributed by atoms with Crippen LogP contribution in [0.25, 0.3) is 11.3 Å². The van der Waals surface area contributed by atoms with Gasteiger partial charge in [0, 0.05) is 18.3 Å². The van der Waals surface area contributed by atoms with E-state index < -0.39 is 17.6 Å². The molecule has 106 valence electrons. The van der Waals surface area contributed by atoms with Gasteiger partial charge in [-0.1, -0.05) is 0 Å². The first kappa shape index (κ1) is 14.2. The van der Waals surface area contributed by atoms with Crippen molar-refractivity contribution in [3.63, 3.8) is 0 Å². The fraction of sp³-hybridized carbons (Fsp3) is 0.231.